The number of piperazine rings is 1. The number of nitrogens with one attached hydrogen (secondary N) is 1. The van der Waals surface area contributed by atoms with Gasteiger partial charge in [0.25, 0.3) is 0 Å². The summed E-state index contributed by atoms with van der Waals surface area (Å²) in [5.74, 6) is 1.26. The Kier molecular flexibility index (Phi) is 3.97. The lowest BCUT2D eigenvalue weighted by atomic mass is 10.0. The van der Waals surface area contributed by atoms with E-state index in [0.717, 1.165) is 6.54 Å². The van der Waals surface area contributed by atoms with Gasteiger partial charge in [-0.1, -0.05) is 6.92 Å². The first kappa shape index (κ1) is 12.7. The molecule has 3 unspecified atom stereocenters. The van der Waals surface area contributed by atoms with Crippen LogP contribution in [0.1, 0.15) is 33.1 Å². The third kappa shape index (κ3) is 2.59. The van der Waals surface area contributed by atoms with E-state index in [1.165, 1.54) is 18.6 Å². The number of hydrogen-bond acceptors (Lipinski definition) is 3. The zero-order valence-corrected chi connectivity index (χ0v) is 11.3. The molecule has 0 bridgehead atoms. The van der Waals surface area contributed by atoms with Crippen molar-refractivity contribution in [2.75, 3.05) is 12.3 Å². The molecule has 2 heterocycles. The number of carbonyl (C=O) groups excluding carboxylic acids is 2. The minimum atomic E-state index is -0.364. The van der Waals surface area contributed by atoms with Gasteiger partial charge >= 0.3 is 0 Å². The fourth-order valence-corrected chi connectivity index (χ4v) is 3.81. The Balaban J connectivity index is 2.08. The molecule has 1 N–H and O–H groups in total. The van der Waals surface area contributed by atoms with Crippen molar-refractivity contribution in [1.29, 1.82) is 0 Å². The average molecular weight is 256 g/mol. The van der Waals surface area contributed by atoms with Gasteiger partial charge in [-0.2, -0.15) is 11.8 Å². The topological polar surface area (TPSA) is 49.4 Å². The summed E-state index contributed by atoms with van der Waals surface area (Å²) in [6.07, 6.45) is 3.10. The molecule has 2 amide bonds. The molecule has 0 aromatic rings. The predicted octanol–water partition coefficient (Wildman–Crippen LogP) is 1.01. The van der Waals surface area contributed by atoms with Crippen molar-refractivity contribution in [2.24, 2.45) is 0 Å². The Morgan fingerprint density at radius 2 is 2.24 bits per heavy atom. The van der Waals surface area contributed by atoms with Crippen LogP contribution in [-0.4, -0.2) is 46.3 Å². The first-order valence-electron chi connectivity index (χ1n) is 6.36. The molecular weight excluding hydrogens is 236 g/mol. The van der Waals surface area contributed by atoms with Crippen molar-refractivity contribution in [2.45, 2.75) is 50.4 Å². The van der Waals surface area contributed by atoms with Crippen molar-refractivity contribution in [3.63, 3.8) is 0 Å². The smallest absolute Gasteiger partial charge is 0.245 e. The van der Waals surface area contributed by atoms with Crippen molar-refractivity contribution in [3.8, 4) is 0 Å². The lowest BCUT2D eigenvalue weighted by Gasteiger charge is -2.38. The van der Waals surface area contributed by atoms with Crippen LogP contribution in [0.4, 0.5) is 0 Å². The van der Waals surface area contributed by atoms with E-state index in [1.807, 2.05) is 18.7 Å². The largest absolute Gasteiger partial charge is 0.343 e. The molecule has 96 valence electrons. The van der Waals surface area contributed by atoms with Gasteiger partial charge in [-0.15, -0.1) is 0 Å². The molecule has 0 saturated carbocycles. The van der Waals surface area contributed by atoms with Crippen molar-refractivity contribution >= 4 is 23.6 Å². The van der Waals surface area contributed by atoms with Gasteiger partial charge in [-0.25, -0.2) is 0 Å². The lowest BCUT2D eigenvalue weighted by Crippen LogP contribution is -2.63. The molecule has 0 aromatic carbocycles. The van der Waals surface area contributed by atoms with E-state index in [9.17, 15) is 9.59 Å². The summed E-state index contributed by atoms with van der Waals surface area (Å²) in [5, 5.41) is 3.27. The maximum Gasteiger partial charge on any atom is 0.245 e. The molecule has 2 rings (SSSR count). The van der Waals surface area contributed by atoms with Gasteiger partial charge in [0.05, 0.1) is 0 Å². The second-order valence-corrected chi connectivity index (χ2v) is 6.19. The first-order valence-corrected chi connectivity index (χ1v) is 7.40. The molecule has 17 heavy (non-hydrogen) atoms. The van der Waals surface area contributed by atoms with Gasteiger partial charge in [0, 0.05) is 11.8 Å². The van der Waals surface area contributed by atoms with Crippen molar-refractivity contribution in [1.82, 2.24) is 10.2 Å². The van der Waals surface area contributed by atoms with Gasteiger partial charge in [0.1, 0.15) is 12.1 Å². The molecule has 2 aliphatic heterocycles. The summed E-state index contributed by atoms with van der Waals surface area (Å²) in [5.41, 5.74) is 0. The van der Waals surface area contributed by atoms with Crippen LogP contribution in [0.25, 0.3) is 0 Å². The molecule has 3 atom stereocenters. The summed E-state index contributed by atoms with van der Waals surface area (Å²) in [6, 6.07) is -0.628. The molecule has 4 nitrogen and oxygen atoms in total. The summed E-state index contributed by atoms with van der Waals surface area (Å²) < 4.78 is 0. The number of rotatable bonds is 3. The Morgan fingerprint density at radius 3 is 2.82 bits per heavy atom. The monoisotopic (exact) mass is 256 g/mol. The van der Waals surface area contributed by atoms with Crippen LogP contribution in [0.15, 0.2) is 0 Å². The maximum absolute atomic E-state index is 12.1. The standard InChI is InChI=1S/C12H20N2O2S/c1-3-10-11(15)13-8(2)12(16)14(10)7-9-5-4-6-17-9/h8-10H,3-7H2,1-2H3,(H,13,15). The van der Waals surface area contributed by atoms with Crippen LogP contribution in [0.5, 0.6) is 0 Å². The van der Waals surface area contributed by atoms with E-state index in [1.54, 1.807) is 11.8 Å². The average Bonchev–Trinajstić information content (AvgIpc) is 2.78. The first-order chi connectivity index (χ1) is 8.13. The highest BCUT2D eigenvalue weighted by Crippen LogP contribution is 2.28. The third-order valence-corrected chi connectivity index (χ3v) is 4.88. The fourth-order valence-electron chi connectivity index (χ4n) is 2.55. The second-order valence-electron chi connectivity index (χ2n) is 4.78. The zero-order valence-electron chi connectivity index (χ0n) is 10.4. The van der Waals surface area contributed by atoms with E-state index in [-0.39, 0.29) is 23.9 Å². The predicted molar refractivity (Wildman–Crippen MR) is 68.9 cm³/mol. The van der Waals surface area contributed by atoms with E-state index in [2.05, 4.69) is 5.32 Å². The van der Waals surface area contributed by atoms with Gasteiger partial charge in [0.15, 0.2) is 0 Å². The third-order valence-electron chi connectivity index (χ3n) is 3.50. The van der Waals surface area contributed by atoms with Gasteiger partial charge in [-0.05, 0) is 31.9 Å². The van der Waals surface area contributed by atoms with Crippen molar-refractivity contribution in [3.05, 3.63) is 0 Å². The van der Waals surface area contributed by atoms with E-state index in [4.69, 9.17) is 0 Å². The van der Waals surface area contributed by atoms with E-state index < -0.39 is 0 Å². The Bertz CT molecular complexity index is 316. The lowest BCUT2D eigenvalue weighted by molar-refractivity contribution is -0.148. The quantitative estimate of drug-likeness (QED) is 0.820. The zero-order chi connectivity index (χ0) is 12.4. The van der Waals surface area contributed by atoms with E-state index >= 15 is 0 Å². The van der Waals surface area contributed by atoms with Crippen LogP contribution in [0.3, 0.4) is 0 Å². The summed E-state index contributed by atoms with van der Waals surface area (Å²) in [4.78, 5) is 25.8. The molecular formula is C12H20N2O2S. The second kappa shape index (κ2) is 5.29. The van der Waals surface area contributed by atoms with Gasteiger partial charge in [0.2, 0.25) is 11.8 Å². The van der Waals surface area contributed by atoms with Crippen LogP contribution in [-0.2, 0) is 9.59 Å². The minimum absolute atomic E-state index is 0.00240. The SMILES string of the molecule is CCC1C(=O)NC(C)C(=O)N1CC1CCCS1. The highest BCUT2D eigenvalue weighted by Gasteiger charge is 2.38. The molecule has 5 heteroatoms. The van der Waals surface area contributed by atoms with Gasteiger partial charge < -0.3 is 10.2 Å². The summed E-state index contributed by atoms with van der Waals surface area (Å²) in [7, 11) is 0. The number of carbonyl (C=O) groups is 2. The Morgan fingerprint density at radius 1 is 1.47 bits per heavy atom. The number of amides is 2. The Hall–Kier alpha value is -0.710. The highest BCUT2D eigenvalue weighted by molar-refractivity contribution is 8.00. The minimum Gasteiger partial charge on any atom is -0.343 e. The Labute approximate surface area is 106 Å². The molecule has 0 radical (unpaired) electrons. The van der Waals surface area contributed by atoms with Crippen LogP contribution in [0, 0.1) is 0 Å². The number of hydrogen-bond donors (Lipinski definition) is 1. The molecule has 0 aliphatic carbocycles. The highest BCUT2D eigenvalue weighted by atomic mass is 32.2. The number of thioether (sulfide) groups is 1. The number of nitrogens with zero attached hydrogens (tertiary/aromatic N) is 1. The van der Waals surface area contributed by atoms with Crippen LogP contribution >= 0.6 is 11.8 Å². The van der Waals surface area contributed by atoms with Crippen molar-refractivity contribution < 1.29 is 9.59 Å². The van der Waals surface area contributed by atoms with Crippen LogP contribution in [0.2, 0.25) is 0 Å². The molecule has 2 aliphatic rings. The molecule has 0 aromatic heterocycles. The van der Waals surface area contributed by atoms with Gasteiger partial charge in [-0.3, -0.25) is 9.59 Å². The van der Waals surface area contributed by atoms with E-state index in [0.29, 0.717) is 11.7 Å². The maximum atomic E-state index is 12.1. The molecule has 2 saturated heterocycles. The normalized spacial score (nSPS) is 34.0. The summed E-state index contributed by atoms with van der Waals surface area (Å²) >= 11 is 1.93. The summed E-state index contributed by atoms with van der Waals surface area (Å²) in [6.45, 7) is 4.46. The fraction of sp³-hybridized carbons (Fsp3) is 0.833. The molecule has 0 spiro atoms. The molecule has 2 fully saturated rings. The van der Waals surface area contributed by atoms with Crippen LogP contribution < -0.4 is 5.32 Å².